The maximum atomic E-state index is 13.0. The average Bonchev–Trinajstić information content (AvgIpc) is 2.67. The summed E-state index contributed by atoms with van der Waals surface area (Å²) in [6.07, 6.45) is 0. The van der Waals surface area contributed by atoms with Gasteiger partial charge in [0.25, 0.3) is 5.91 Å². The summed E-state index contributed by atoms with van der Waals surface area (Å²) < 4.78 is 18.5. The van der Waals surface area contributed by atoms with Gasteiger partial charge in [-0.2, -0.15) is 0 Å². The van der Waals surface area contributed by atoms with Crippen LogP contribution in [0.3, 0.4) is 0 Å². The first-order valence-electron chi connectivity index (χ1n) is 9.11. The van der Waals surface area contributed by atoms with Crippen molar-refractivity contribution in [1.82, 2.24) is 5.32 Å². The molecule has 4 nitrogen and oxygen atoms in total. The Kier molecular flexibility index (Phi) is 5.91. The van der Waals surface area contributed by atoms with Crippen molar-refractivity contribution in [3.63, 3.8) is 0 Å². The van der Waals surface area contributed by atoms with Crippen LogP contribution in [-0.2, 0) is 11.3 Å². The van der Waals surface area contributed by atoms with Gasteiger partial charge < -0.3 is 15.0 Å². The van der Waals surface area contributed by atoms with Gasteiger partial charge in [0.2, 0.25) is 0 Å². The van der Waals surface area contributed by atoms with E-state index in [9.17, 15) is 9.18 Å². The van der Waals surface area contributed by atoms with Gasteiger partial charge in [-0.05, 0) is 54.8 Å². The second kappa shape index (κ2) is 8.35. The fourth-order valence-corrected chi connectivity index (χ4v) is 3.28. The Morgan fingerprint density at radius 1 is 1.22 bits per heavy atom. The van der Waals surface area contributed by atoms with E-state index in [0.29, 0.717) is 25.3 Å². The topological polar surface area (TPSA) is 41.6 Å². The minimum absolute atomic E-state index is 0.150. The van der Waals surface area contributed by atoms with Gasteiger partial charge in [-0.1, -0.05) is 24.3 Å². The molecule has 1 aliphatic heterocycles. The molecule has 142 valence electrons. The summed E-state index contributed by atoms with van der Waals surface area (Å²) in [5.41, 5.74) is 5.19. The molecule has 1 aliphatic rings. The van der Waals surface area contributed by atoms with Crippen LogP contribution in [0.15, 0.2) is 43.0 Å². The number of benzene rings is 2. The molecule has 1 amide bonds. The Morgan fingerprint density at radius 2 is 1.89 bits per heavy atom. The summed E-state index contributed by atoms with van der Waals surface area (Å²) in [6, 6.07) is 10.2. The maximum Gasteiger partial charge on any atom is 0.252 e. The van der Waals surface area contributed by atoms with Crippen molar-refractivity contribution in [2.24, 2.45) is 0 Å². The number of morpholine rings is 1. The Labute approximate surface area is 159 Å². The van der Waals surface area contributed by atoms with Crippen molar-refractivity contribution in [3.05, 3.63) is 71.0 Å². The number of aryl methyl sites for hydroxylation is 1. The van der Waals surface area contributed by atoms with Gasteiger partial charge in [-0.3, -0.25) is 4.79 Å². The predicted octanol–water partition coefficient (Wildman–Crippen LogP) is 3.93. The molecule has 1 fully saturated rings. The number of rotatable bonds is 5. The van der Waals surface area contributed by atoms with E-state index in [4.69, 9.17) is 4.74 Å². The van der Waals surface area contributed by atoms with E-state index in [1.165, 1.54) is 12.1 Å². The molecule has 0 spiro atoms. The first-order valence-corrected chi connectivity index (χ1v) is 9.11. The molecule has 2 aromatic carbocycles. The molecule has 0 aromatic heterocycles. The van der Waals surface area contributed by atoms with Crippen LogP contribution in [0.4, 0.5) is 10.1 Å². The lowest BCUT2D eigenvalue weighted by molar-refractivity contribution is 0.0950. The quantitative estimate of drug-likeness (QED) is 0.869. The number of nitrogens with one attached hydrogen (secondary N) is 1. The van der Waals surface area contributed by atoms with Gasteiger partial charge in [0.1, 0.15) is 5.82 Å². The van der Waals surface area contributed by atoms with E-state index < -0.39 is 0 Å². The lowest BCUT2D eigenvalue weighted by Gasteiger charge is -2.30. The van der Waals surface area contributed by atoms with E-state index in [1.54, 1.807) is 12.1 Å². The van der Waals surface area contributed by atoms with Crippen molar-refractivity contribution < 1.29 is 13.9 Å². The number of hydrogen-bond acceptors (Lipinski definition) is 3. The summed E-state index contributed by atoms with van der Waals surface area (Å²) in [4.78, 5) is 15.1. The highest BCUT2D eigenvalue weighted by atomic mass is 19.1. The first kappa shape index (κ1) is 19.1. The van der Waals surface area contributed by atoms with Crippen molar-refractivity contribution >= 4 is 17.2 Å². The number of carbonyl (C=O) groups excluding carboxylic acids is 1. The molecule has 1 heterocycles. The summed E-state index contributed by atoms with van der Waals surface area (Å²) >= 11 is 0. The molecule has 0 atom stereocenters. The van der Waals surface area contributed by atoms with Gasteiger partial charge in [-0.25, -0.2) is 4.39 Å². The van der Waals surface area contributed by atoms with Gasteiger partial charge >= 0.3 is 0 Å². The second-order valence-electron chi connectivity index (χ2n) is 6.87. The van der Waals surface area contributed by atoms with Crippen molar-refractivity contribution in [1.29, 1.82) is 0 Å². The molecule has 0 saturated carbocycles. The highest BCUT2D eigenvalue weighted by Crippen LogP contribution is 2.28. The normalized spacial score (nSPS) is 14.1. The Balaban J connectivity index is 1.83. The number of carbonyl (C=O) groups is 1. The fourth-order valence-electron chi connectivity index (χ4n) is 3.28. The van der Waals surface area contributed by atoms with Gasteiger partial charge in [0.15, 0.2) is 0 Å². The van der Waals surface area contributed by atoms with Crippen molar-refractivity contribution in [2.45, 2.75) is 20.4 Å². The first-order chi connectivity index (χ1) is 13.0. The third kappa shape index (κ3) is 4.55. The molecule has 2 aromatic rings. The van der Waals surface area contributed by atoms with Gasteiger partial charge in [0, 0.05) is 30.9 Å². The van der Waals surface area contributed by atoms with Crippen molar-refractivity contribution in [2.75, 3.05) is 31.2 Å². The third-order valence-electron chi connectivity index (χ3n) is 4.75. The van der Waals surface area contributed by atoms with E-state index in [0.717, 1.165) is 41.0 Å². The van der Waals surface area contributed by atoms with E-state index in [1.807, 2.05) is 26.0 Å². The summed E-state index contributed by atoms with van der Waals surface area (Å²) in [6.45, 7) is 11.4. The lowest BCUT2D eigenvalue weighted by atomic mass is 9.95. The van der Waals surface area contributed by atoms with E-state index >= 15 is 0 Å². The van der Waals surface area contributed by atoms with Crippen LogP contribution in [0.2, 0.25) is 0 Å². The molecule has 5 heteroatoms. The number of allylic oxidation sites excluding steroid dienone is 1. The number of ether oxygens (including phenoxy) is 1. The molecule has 1 saturated heterocycles. The van der Waals surface area contributed by atoms with Crippen LogP contribution >= 0.6 is 0 Å². The molecule has 0 unspecified atom stereocenters. The van der Waals surface area contributed by atoms with Gasteiger partial charge in [-0.15, -0.1) is 0 Å². The third-order valence-corrected chi connectivity index (χ3v) is 4.75. The number of halogens is 1. The number of hydrogen-bond donors (Lipinski definition) is 1. The second-order valence-corrected chi connectivity index (χ2v) is 6.87. The molecular weight excluding hydrogens is 343 g/mol. The molecule has 3 rings (SSSR count). The maximum absolute atomic E-state index is 13.0. The van der Waals surface area contributed by atoms with Crippen LogP contribution in [-0.4, -0.2) is 32.2 Å². The number of nitrogens with zero attached hydrogens (tertiary/aromatic N) is 1. The lowest BCUT2D eigenvalue weighted by Crippen LogP contribution is -2.36. The standard InChI is InChI=1S/C22H25FN2O2/c1-15(2)20-13-19(25-8-10-27-11-9-25)12-16(3)21(20)22(26)24-14-17-4-6-18(23)7-5-17/h4-7,12-13H,1,8-11,14H2,2-3H3,(H,24,26). The van der Waals surface area contributed by atoms with Crippen LogP contribution in [0.25, 0.3) is 5.57 Å². The largest absolute Gasteiger partial charge is 0.378 e. The van der Waals surface area contributed by atoms with Crippen LogP contribution in [0.1, 0.15) is 34.0 Å². The minimum atomic E-state index is -0.288. The summed E-state index contributed by atoms with van der Waals surface area (Å²) in [7, 11) is 0. The predicted molar refractivity (Wildman–Crippen MR) is 106 cm³/mol. The Hall–Kier alpha value is -2.66. The average molecular weight is 368 g/mol. The van der Waals surface area contributed by atoms with Crippen molar-refractivity contribution in [3.8, 4) is 0 Å². The van der Waals surface area contributed by atoms with Crippen LogP contribution < -0.4 is 10.2 Å². The molecule has 0 aliphatic carbocycles. The Morgan fingerprint density at radius 3 is 2.52 bits per heavy atom. The molecule has 27 heavy (non-hydrogen) atoms. The highest BCUT2D eigenvalue weighted by Gasteiger charge is 2.19. The smallest absolute Gasteiger partial charge is 0.252 e. The monoisotopic (exact) mass is 368 g/mol. The van der Waals surface area contributed by atoms with Gasteiger partial charge in [0.05, 0.1) is 13.2 Å². The highest BCUT2D eigenvalue weighted by molar-refractivity contribution is 6.01. The number of amides is 1. The van der Waals surface area contributed by atoms with E-state index in [2.05, 4.69) is 16.8 Å². The van der Waals surface area contributed by atoms with E-state index in [-0.39, 0.29) is 11.7 Å². The molecular formula is C22H25FN2O2. The molecule has 0 radical (unpaired) electrons. The SMILES string of the molecule is C=C(C)c1cc(N2CCOCC2)cc(C)c1C(=O)NCc1ccc(F)cc1. The zero-order valence-corrected chi connectivity index (χ0v) is 15.8. The summed E-state index contributed by atoms with van der Waals surface area (Å²) in [5, 5.41) is 2.93. The minimum Gasteiger partial charge on any atom is -0.378 e. The molecule has 1 N–H and O–H groups in total. The Bertz CT molecular complexity index is 840. The molecule has 0 bridgehead atoms. The fraction of sp³-hybridized carbons (Fsp3) is 0.318. The zero-order valence-electron chi connectivity index (χ0n) is 15.8. The summed E-state index contributed by atoms with van der Waals surface area (Å²) in [5.74, 6) is -0.437. The van der Waals surface area contributed by atoms with Crippen LogP contribution in [0.5, 0.6) is 0 Å². The number of anilines is 1. The van der Waals surface area contributed by atoms with Crippen LogP contribution in [0, 0.1) is 12.7 Å². The zero-order chi connectivity index (χ0) is 19.4.